The van der Waals surface area contributed by atoms with E-state index in [1.54, 1.807) is 0 Å². The summed E-state index contributed by atoms with van der Waals surface area (Å²) >= 11 is 0. The summed E-state index contributed by atoms with van der Waals surface area (Å²) in [6.07, 6.45) is 8.48. The Bertz CT molecular complexity index is 356. The third kappa shape index (κ3) is 2.12. The maximum atomic E-state index is 4.21. The molecule has 2 unspecified atom stereocenters. The van der Waals surface area contributed by atoms with Gasteiger partial charge < -0.3 is 9.88 Å². The van der Waals surface area contributed by atoms with Gasteiger partial charge in [0.05, 0.1) is 6.54 Å². The van der Waals surface area contributed by atoms with Crippen LogP contribution in [0.5, 0.6) is 0 Å². The number of nitrogens with one attached hydrogen (secondary N) is 1. The minimum atomic E-state index is 0.689. The van der Waals surface area contributed by atoms with E-state index in [4.69, 9.17) is 0 Å². The summed E-state index contributed by atoms with van der Waals surface area (Å²) in [7, 11) is 0. The number of rotatable bonds is 4. The molecule has 0 aromatic carbocycles. The van der Waals surface area contributed by atoms with Crippen molar-refractivity contribution >= 4 is 0 Å². The van der Waals surface area contributed by atoms with Crippen molar-refractivity contribution in [2.75, 3.05) is 0 Å². The molecule has 2 saturated carbocycles. The third-order valence-electron chi connectivity index (χ3n) is 3.83. The van der Waals surface area contributed by atoms with Gasteiger partial charge in [-0.05, 0) is 38.0 Å². The minimum absolute atomic E-state index is 0.689. The molecule has 0 aliphatic heterocycles. The Balaban J connectivity index is 1.55. The molecule has 1 heterocycles. The molecule has 2 fully saturated rings. The second-order valence-corrected chi connectivity index (χ2v) is 5.38. The maximum absolute atomic E-state index is 4.21. The van der Waals surface area contributed by atoms with Gasteiger partial charge in [0.2, 0.25) is 0 Å². The molecule has 3 rings (SSSR count). The van der Waals surface area contributed by atoms with Gasteiger partial charge in [0, 0.05) is 12.1 Å². The molecule has 0 radical (unpaired) electrons. The number of hydrogen-bond donors (Lipinski definition) is 1. The molecule has 0 saturated heterocycles. The number of hydrogen-bond acceptors (Lipinski definition) is 3. The zero-order valence-corrected chi connectivity index (χ0v) is 9.89. The van der Waals surface area contributed by atoms with E-state index in [1.807, 2.05) is 6.33 Å². The summed E-state index contributed by atoms with van der Waals surface area (Å²) in [4.78, 5) is 0. The Morgan fingerprint density at radius 1 is 1.38 bits per heavy atom. The molecule has 2 aliphatic rings. The van der Waals surface area contributed by atoms with Crippen molar-refractivity contribution in [2.24, 2.45) is 5.92 Å². The van der Waals surface area contributed by atoms with E-state index >= 15 is 0 Å². The first-order chi connectivity index (χ1) is 7.83. The van der Waals surface area contributed by atoms with Crippen LogP contribution in [0.2, 0.25) is 0 Å². The van der Waals surface area contributed by atoms with E-state index in [1.165, 1.54) is 32.1 Å². The van der Waals surface area contributed by atoms with Crippen LogP contribution in [0.25, 0.3) is 0 Å². The summed E-state index contributed by atoms with van der Waals surface area (Å²) in [5.41, 5.74) is 0. The highest BCUT2D eigenvalue weighted by molar-refractivity contribution is 4.95. The van der Waals surface area contributed by atoms with Crippen LogP contribution in [0.15, 0.2) is 6.33 Å². The Hall–Kier alpha value is -0.900. The number of aromatic nitrogens is 3. The molecule has 4 heteroatoms. The zero-order chi connectivity index (χ0) is 11.0. The van der Waals surface area contributed by atoms with Gasteiger partial charge in [-0.25, -0.2) is 0 Å². The van der Waals surface area contributed by atoms with Gasteiger partial charge in [-0.1, -0.05) is 6.92 Å². The molecule has 1 aromatic rings. The van der Waals surface area contributed by atoms with Gasteiger partial charge in [-0.3, -0.25) is 0 Å². The molecule has 4 nitrogen and oxygen atoms in total. The van der Waals surface area contributed by atoms with Gasteiger partial charge >= 0.3 is 0 Å². The lowest BCUT2D eigenvalue weighted by atomic mass is 10.1. The fourth-order valence-electron chi connectivity index (χ4n) is 2.68. The Morgan fingerprint density at radius 2 is 2.25 bits per heavy atom. The predicted molar refractivity (Wildman–Crippen MR) is 61.9 cm³/mol. The predicted octanol–water partition coefficient (Wildman–Crippen LogP) is 1.89. The van der Waals surface area contributed by atoms with E-state index in [0.29, 0.717) is 12.1 Å². The number of nitrogens with zero attached hydrogens (tertiary/aromatic N) is 3. The highest BCUT2D eigenvalue weighted by atomic mass is 15.3. The minimum Gasteiger partial charge on any atom is -0.313 e. The van der Waals surface area contributed by atoms with Crippen molar-refractivity contribution in [3.63, 3.8) is 0 Å². The summed E-state index contributed by atoms with van der Waals surface area (Å²) in [6.45, 7) is 3.22. The highest BCUT2D eigenvalue weighted by Gasteiger charge is 2.26. The lowest BCUT2D eigenvalue weighted by Gasteiger charge is -2.12. The van der Waals surface area contributed by atoms with E-state index in [0.717, 1.165) is 18.3 Å². The summed E-state index contributed by atoms with van der Waals surface area (Å²) in [5, 5.41) is 11.8. The molecule has 2 atom stereocenters. The van der Waals surface area contributed by atoms with E-state index < -0.39 is 0 Å². The molecular formula is C12H20N4. The molecule has 88 valence electrons. The first kappa shape index (κ1) is 10.3. The molecule has 2 aliphatic carbocycles. The van der Waals surface area contributed by atoms with Crippen molar-refractivity contribution in [1.82, 2.24) is 20.1 Å². The second-order valence-electron chi connectivity index (χ2n) is 5.38. The van der Waals surface area contributed by atoms with Crippen LogP contribution in [-0.2, 0) is 6.54 Å². The largest absolute Gasteiger partial charge is 0.313 e. The van der Waals surface area contributed by atoms with Crippen LogP contribution in [-0.4, -0.2) is 20.8 Å². The van der Waals surface area contributed by atoms with Crippen molar-refractivity contribution in [3.05, 3.63) is 12.2 Å². The van der Waals surface area contributed by atoms with Crippen molar-refractivity contribution in [2.45, 2.75) is 57.7 Å². The van der Waals surface area contributed by atoms with Gasteiger partial charge in [0.1, 0.15) is 12.2 Å². The van der Waals surface area contributed by atoms with Gasteiger partial charge in [-0.2, -0.15) is 0 Å². The van der Waals surface area contributed by atoms with Gasteiger partial charge in [-0.15, -0.1) is 10.2 Å². The first-order valence-corrected chi connectivity index (χ1v) is 6.44. The quantitative estimate of drug-likeness (QED) is 0.842. The first-order valence-electron chi connectivity index (χ1n) is 6.44. The van der Waals surface area contributed by atoms with Crippen LogP contribution in [0, 0.1) is 5.92 Å². The van der Waals surface area contributed by atoms with Crippen molar-refractivity contribution in [1.29, 1.82) is 0 Å². The van der Waals surface area contributed by atoms with E-state index in [2.05, 4.69) is 27.0 Å². The zero-order valence-electron chi connectivity index (χ0n) is 9.89. The lowest BCUT2D eigenvalue weighted by Crippen LogP contribution is -2.27. The normalized spacial score (nSPS) is 29.8. The average Bonchev–Trinajstić information content (AvgIpc) is 2.86. The fraction of sp³-hybridized carbons (Fsp3) is 0.833. The van der Waals surface area contributed by atoms with Gasteiger partial charge in [0.25, 0.3) is 0 Å². The van der Waals surface area contributed by atoms with Crippen LogP contribution < -0.4 is 5.32 Å². The van der Waals surface area contributed by atoms with Crippen LogP contribution in [0.3, 0.4) is 0 Å². The lowest BCUT2D eigenvalue weighted by molar-refractivity contribution is 0.484. The van der Waals surface area contributed by atoms with Crippen LogP contribution in [0.4, 0.5) is 0 Å². The van der Waals surface area contributed by atoms with Crippen LogP contribution in [0.1, 0.15) is 50.9 Å². The molecular weight excluding hydrogens is 200 g/mol. The van der Waals surface area contributed by atoms with E-state index in [9.17, 15) is 0 Å². The summed E-state index contributed by atoms with van der Waals surface area (Å²) in [6, 6.07) is 1.38. The SMILES string of the molecule is CC1CCC(NCc2nncn2C2CC2)C1. The van der Waals surface area contributed by atoms with Gasteiger partial charge in [0.15, 0.2) is 0 Å². The smallest absolute Gasteiger partial charge is 0.147 e. The molecule has 0 amide bonds. The average molecular weight is 220 g/mol. The summed E-state index contributed by atoms with van der Waals surface area (Å²) in [5.74, 6) is 2.00. The monoisotopic (exact) mass is 220 g/mol. The molecule has 16 heavy (non-hydrogen) atoms. The Labute approximate surface area is 96.4 Å². The Morgan fingerprint density at radius 3 is 2.94 bits per heavy atom. The fourth-order valence-corrected chi connectivity index (χ4v) is 2.68. The molecule has 1 aromatic heterocycles. The highest BCUT2D eigenvalue weighted by Crippen LogP contribution is 2.35. The molecule has 1 N–H and O–H groups in total. The molecule has 0 bridgehead atoms. The summed E-state index contributed by atoms with van der Waals surface area (Å²) < 4.78 is 2.24. The third-order valence-corrected chi connectivity index (χ3v) is 3.83. The topological polar surface area (TPSA) is 42.7 Å². The maximum Gasteiger partial charge on any atom is 0.147 e. The van der Waals surface area contributed by atoms with Crippen molar-refractivity contribution in [3.8, 4) is 0 Å². The standard InChI is InChI=1S/C12H20N4/c1-9-2-3-10(6-9)13-7-12-15-14-8-16(12)11-4-5-11/h8-11,13H,2-7H2,1H3. The second kappa shape index (κ2) is 4.17. The molecule has 0 spiro atoms. The van der Waals surface area contributed by atoms with E-state index in [-0.39, 0.29) is 0 Å². The van der Waals surface area contributed by atoms with Crippen LogP contribution >= 0.6 is 0 Å². The van der Waals surface area contributed by atoms with Crippen molar-refractivity contribution < 1.29 is 0 Å². The Kier molecular flexibility index (Phi) is 2.67.